The molecule has 0 bridgehead atoms. The maximum Gasteiger partial charge on any atom is 0.257 e. The van der Waals surface area contributed by atoms with Gasteiger partial charge in [0, 0.05) is 26.7 Å². The van der Waals surface area contributed by atoms with Crippen LogP contribution in [0.2, 0.25) is 0 Å². The molecule has 2 amide bonds. The molecular weight excluding hydrogens is 528 g/mol. The molecule has 0 radical (unpaired) electrons. The summed E-state index contributed by atoms with van der Waals surface area (Å²) >= 11 is 0. The van der Waals surface area contributed by atoms with Gasteiger partial charge in [0.1, 0.15) is 18.1 Å². The summed E-state index contributed by atoms with van der Waals surface area (Å²) in [6.07, 6.45) is 4.72. The van der Waals surface area contributed by atoms with E-state index in [1.165, 1.54) is 0 Å². The Morgan fingerprint density at radius 3 is 2.33 bits per heavy atom. The lowest BCUT2D eigenvalue weighted by Crippen LogP contribution is -2.46. The van der Waals surface area contributed by atoms with E-state index in [0.717, 1.165) is 42.6 Å². The summed E-state index contributed by atoms with van der Waals surface area (Å²) in [5, 5.41) is 0. The van der Waals surface area contributed by atoms with Crippen molar-refractivity contribution in [3.05, 3.63) is 95.6 Å². The first-order valence-corrected chi connectivity index (χ1v) is 15.1. The summed E-state index contributed by atoms with van der Waals surface area (Å²) in [6.45, 7) is 5.18. The number of hydrogen-bond donors (Lipinski definition) is 0. The predicted octanol–water partition coefficient (Wildman–Crippen LogP) is 5.81. The van der Waals surface area contributed by atoms with Crippen molar-refractivity contribution in [3.63, 3.8) is 0 Å². The number of carbonyl (C=O) groups excluding carboxylic acids is 2. The SMILES string of the molecule is CCOc1ccc(CC(=O)N2CCCCCCN(CCOC)C(=O)c3ccccc3OC[C@@H]2Cc2ccccc2)cc1. The van der Waals surface area contributed by atoms with E-state index in [4.69, 9.17) is 14.2 Å². The molecule has 7 nitrogen and oxygen atoms in total. The third kappa shape index (κ3) is 9.08. The van der Waals surface area contributed by atoms with Crippen molar-refractivity contribution in [1.82, 2.24) is 9.80 Å². The molecule has 0 spiro atoms. The lowest BCUT2D eigenvalue weighted by molar-refractivity contribution is -0.133. The maximum atomic E-state index is 13.9. The standard InChI is InChI=1S/C35H44N2O5/c1-3-41-31-19-17-29(18-20-31)26-34(38)37-22-12-5-4-11-21-36(23-24-40-2)35(39)32-15-9-10-16-33(32)42-27-30(37)25-28-13-7-6-8-14-28/h6-10,13-20,30H,3-5,11-12,21-27H2,1-2H3/t30-/m0/s1. The quantitative estimate of drug-likeness (QED) is 0.324. The zero-order valence-electron chi connectivity index (χ0n) is 25.0. The van der Waals surface area contributed by atoms with Crippen LogP contribution in [0, 0.1) is 0 Å². The molecule has 1 heterocycles. The zero-order chi connectivity index (χ0) is 29.6. The van der Waals surface area contributed by atoms with Gasteiger partial charge >= 0.3 is 0 Å². The lowest BCUT2D eigenvalue weighted by Gasteiger charge is -2.33. The molecule has 3 aromatic carbocycles. The fourth-order valence-electron chi connectivity index (χ4n) is 5.38. The van der Waals surface area contributed by atoms with Crippen molar-refractivity contribution in [2.24, 2.45) is 0 Å². The minimum Gasteiger partial charge on any atom is -0.494 e. The van der Waals surface area contributed by atoms with Crippen LogP contribution >= 0.6 is 0 Å². The van der Waals surface area contributed by atoms with E-state index in [0.29, 0.717) is 57.0 Å². The van der Waals surface area contributed by atoms with Crippen molar-refractivity contribution < 1.29 is 23.8 Å². The number of methoxy groups -OCH3 is 1. The highest BCUT2D eigenvalue weighted by Gasteiger charge is 2.27. The summed E-state index contributed by atoms with van der Waals surface area (Å²) in [6, 6.07) is 25.2. The van der Waals surface area contributed by atoms with Crippen LogP contribution in [-0.2, 0) is 22.4 Å². The Hall–Kier alpha value is -3.84. The average Bonchev–Trinajstić information content (AvgIpc) is 3.01. The first-order chi connectivity index (χ1) is 20.6. The molecule has 0 aromatic heterocycles. The highest BCUT2D eigenvalue weighted by Crippen LogP contribution is 2.23. The topological polar surface area (TPSA) is 68.3 Å². The minimum absolute atomic E-state index is 0.0530. The summed E-state index contributed by atoms with van der Waals surface area (Å²) in [5.74, 6) is 1.36. The smallest absolute Gasteiger partial charge is 0.257 e. The molecule has 4 rings (SSSR count). The van der Waals surface area contributed by atoms with E-state index < -0.39 is 0 Å². The normalized spacial score (nSPS) is 16.7. The van der Waals surface area contributed by atoms with Gasteiger partial charge in [0.05, 0.1) is 31.2 Å². The van der Waals surface area contributed by atoms with Crippen molar-refractivity contribution in [2.75, 3.05) is 46.6 Å². The summed E-state index contributed by atoms with van der Waals surface area (Å²) in [7, 11) is 1.65. The number of rotatable bonds is 9. The highest BCUT2D eigenvalue weighted by molar-refractivity contribution is 5.97. The van der Waals surface area contributed by atoms with Crippen molar-refractivity contribution in [3.8, 4) is 11.5 Å². The molecule has 3 aromatic rings. The Labute approximate surface area is 250 Å². The van der Waals surface area contributed by atoms with Crippen LogP contribution in [-0.4, -0.2) is 74.2 Å². The number of hydrogen-bond acceptors (Lipinski definition) is 5. The molecule has 0 saturated heterocycles. The molecule has 0 aliphatic carbocycles. The average molecular weight is 573 g/mol. The van der Waals surface area contributed by atoms with Gasteiger partial charge < -0.3 is 24.0 Å². The van der Waals surface area contributed by atoms with Gasteiger partial charge in [-0.25, -0.2) is 0 Å². The number of ether oxygens (including phenoxy) is 3. The number of benzene rings is 3. The Balaban J connectivity index is 1.61. The third-order valence-electron chi connectivity index (χ3n) is 7.64. The van der Waals surface area contributed by atoms with E-state index in [1.807, 2.05) is 83.5 Å². The number of para-hydroxylation sites is 1. The Morgan fingerprint density at radius 1 is 0.881 bits per heavy atom. The minimum atomic E-state index is -0.196. The van der Waals surface area contributed by atoms with E-state index in [1.54, 1.807) is 7.11 Å². The van der Waals surface area contributed by atoms with Crippen LogP contribution in [0.4, 0.5) is 0 Å². The summed E-state index contributed by atoms with van der Waals surface area (Å²) in [4.78, 5) is 31.4. The number of carbonyl (C=O) groups is 2. The highest BCUT2D eigenvalue weighted by atomic mass is 16.5. The molecule has 0 saturated carbocycles. The van der Waals surface area contributed by atoms with Gasteiger partial charge in [-0.1, -0.05) is 67.4 Å². The molecule has 1 aliphatic heterocycles. The van der Waals surface area contributed by atoms with E-state index in [2.05, 4.69) is 12.1 Å². The largest absolute Gasteiger partial charge is 0.494 e. The first kappa shape index (κ1) is 31.1. The van der Waals surface area contributed by atoms with Crippen molar-refractivity contribution >= 4 is 11.8 Å². The van der Waals surface area contributed by atoms with Crippen LogP contribution in [0.1, 0.15) is 54.1 Å². The zero-order valence-corrected chi connectivity index (χ0v) is 25.0. The second kappa shape index (κ2) is 16.6. The molecular formula is C35H44N2O5. The van der Waals surface area contributed by atoms with Crippen molar-refractivity contribution in [1.29, 1.82) is 0 Å². The molecule has 7 heteroatoms. The number of nitrogens with zero attached hydrogens (tertiary/aromatic N) is 2. The van der Waals surface area contributed by atoms with Gasteiger partial charge in [0.25, 0.3) is 5.91 Å². The van der Waals surface area contributed by atoms with Crippen LogP contribution in [0.3, 0.4) is 0 Å². The van der Waals surface area contributed by atoms with E-state index >= 15 is 0 Å². The van der Waals surface area contributed by atoms with E-state index in [-0.39, 0.29) is 24.5 Å². The molecule has 0 unspecified atom stereocenters. The first-order valence-electron chi connectivity index (χ1n) is 15.1. The summed E-state index contributed by atoms with van der Waals surface area (Å²) in [5.41, 5.74) is 2.63. The van der Waals surface area contributed by atoms with Gasteiger partial charge in [0.15, 0.2) is 0 Å². The maximum absolute atomic E-state index is 13.9. The predicted molar refractivity (Wildman–Crippen MR) is 165 cm³/mol. The summed E-state index contributed by atoms with van der Waals surface area (Å²) < 4.78 is 17.3. The molecule has 1 aliphatic rings. The van der Waals surface area contributed by atoms with Gasteiger partial charge in [-0.15, -0.1) is 0 Å². The fraction of sp³-hybridized carbons (Fsp3) is 0.429. The Morgan fingerprint density at radius 2 is 1.60 bits per heavy atom. The molecule has 224 valence electrons. The van der Waals surface area contributed by atoms with Crippen LogP contribution < -0.4 is 9.47 Å². The molecule has 42 heavy (non-hydrogen) atoms. The molecule has 0 N–H and O–H groups in total. The van der Waals surface area contributed by atoms with E-state index in [9.17, 15) is 9.59 Å². The molecule has 0 fully saturated rings. The monoisotopic (exact) mass is 572 g/mol. The number of amides is 2. The van der Waals surface area contributed by atoms with Gasteiger partial charge in [-0.2, -0.15) is 0 Å². The van der Waals surface area contributed by atoms with Crippen LogP contribution in [0.15, 0.2) is 78.9 Å². The Kier molecular flexibility index (Phi) is 12.3. The van der Waals surface area contributed by atoms with Crippen molar-refractivity contribution in [2.45, 2.75) is 51.5 Å². The van der Waals surface area contributed by atoms with Gasteiger partial charge in [0.2, 0.25) is 5.91 Å². The Bertz CT molecular complexity index is 1250. The second-order valence-electron chi connectivity index (χ2n) is 10.7. The van der Waals surface area contributed by atoms with Gasteiger partial charge in [-0.05, 0) is 61.6 Å². The van der Waals surface area contributed by atoms with Crippen LogP contribution in [0.25, 0.3) is 0 Å². The van der Waals surface area contributed by atoms with Crippen LogP contribution in [0.5, 0.6) is 11.5 Å². The lowest BCUT2D eigenvalue weighted by atomic mass is 10.0. The van der Waals surface area contributed by atoms with Gasteiger partial charge in [-0.3, -0.25) is 9.59 Å². The second-order valence-corrected chi connectivity index (χ2v) is 10.7. The third-order valence-corrected chi connectivity index (χ3v) is 7.64. The molecule has 1 atom stereocenters. The number of fused-ring (bicyclic) bond motifs is 1. The fourth-order valence-corrected chi connectivity index (χ4v) is 5.38.